The largest absolute Gasteiger partial charge is 0.444 e. The SMILES string of the molecule is COC(C)[C@@H](C)OC1CCC(C)(C)N(C(=O)OC(C)(C)C)C1. The molecule has 1 aliphatic rings. The molecule has 0 saturated carbocycles. The number of carbonyl (C=O) groups excluding carboxylic acids is 1. The molecule has 1 rings (SSSR count). The molecule has 3 atom stereocenters. The maximum atomic E-state index is 12.5. The van der Waals surface area contributed by atoms with Gasteiger partial charge >= 0.3 is 6.09 Å². The van der Waals surface area contributed by atoms with Crippen LogP contribution >= 0.6 is 0 Å². The van der Waals surface area contributed by atoms with E-state index in [1.165, 1.54) is 0 Å². The predicted molar refractivity (Wildman–Crippen MR) is 87.1 cm³/mol. The average molecular weight is 315 g/mol. The summed E-state index contributed by atoms with van der Waals surface area (Å²) in [7, 11) is 1.68. The van der Waals surface area contributed by atoms with Gasteiger partial charge in [0, 0.05) is 12.6 Å². The van der Waals surface area contributed by atoms with Crippen LogP contribution in [-0.2, 0) is 14.2 Å². The second kappa shape index (κ2) is 7.18. The molecule has 5 heteroatoms. The van der Waals surface area contributed by atoms with Crippen LogP contribution in [0.3, 0.4) is 0 Å². The lowest BCUT2D eigenvalue weighted by atomic mass is 9.89. The van der Waals surface area contributed by atoms with Crippen molar-refractivity contribution >= 4 is 6.09 Å². The van der Waals surface area contributed by atoms with Crippen LogP contribution in [0.25, 0.3) is 0 Å². The van der Waals surface area contributed by atoms with Gasteiger partial charge in [-0.05, 0) is 61.3 Å². The first-order chi connectivity index (χ1) is 9.96. The van der Waals surface area contributed by atoms with Crippen molar-refractivity contribution in [3.63, 3.8) is 0 Å². The molecule has 0 aromatic heterocycles. The number of hydrogen-bond acceptors (Lipinski definition) is 4. The standard InChI is InChI=1S/C17H33NO4/c1-12(20-8)13(2)21-14-9-10-17(6,7)18(11-14)15(19)22-16(3,4)5/h12-14H,9-11H2,1-8H3/t12?,13-,14?/m1/s1. The molecule has 0 aliphatic carbocycles. The summed E-state index contributed by atoms with van der Waals surface area (Å²) >= 11 is 0. The monoisotopic (exact) mass is 315 g/mol. The van der Waals surface area contributed by atoms with Crippen molar-refractivity contribution in [2.75, 3.05) is 13.7 Å². The third-order valence-electron chi connectivity index (χ3n) is 4.25. The molecule has 1 aliphatic heterocycles. The topological polar surface area (TPSA) is 48.0 Å². The van der Waals surface area contributed by atoms with Crippen molar-refractivity contribution in [1.29, 1.82) is 0 Å². The number of carbonyl (C=O) groups is 1. The normalized spacial score (nSPS) is 24.7. The Bertz CT molecular complexity index is 375. The molecule has 22 heavy (non-hydrogen) atoms. The summed E-state index contributed by atoms with van der Waals surface area (Å²) in [6, 6.07) is 0. The highest BCUT2D eigenvalue weighted by molar-refractivity contribution is 5.69. The van der Waals surface area contributed by atoms with Gasteiger partial charge in [-0.2, -0.15) is 0 Å². The van der Waals surface area contributed by atoms with Gasteiger partial charge in [-0.1, -0.05) is 0 Å². The molecule has 0 N–H and O–H groups in total. The Kier molecular flexibility index (Phi) is 6.27. The molecule has 0 bridgehead atoms. The van der Waals surface area contributed by atoms with Gasteiger partial charge in [-0.3, -0.25) is 0 Å². The van der Waals surface area contributed by atoms with E-state index in [2.05, 4.69) is 13.8 Å². The molecule has 0 aromatic carbocycles. The van der Waals surface area contributed by atoms with Crippen molar-refractivity contribution in [3.05, 3.63) is 0 Å². The maximum Gasteiger partial charge on any atom is 0.410 e. The first-order valence-corrected chi connectivity index (χ1v) is 8.15. The summed E-state index contributed by atoms with van der Waals surface area (Å²) in [5.41, 5.74) is -0.697. The number of amides is 1. The van der Waals surface area contributed by atoms with Crippen LogP contribution in [0.2, 0.25) is 0 Å². The first-order valence-electron chi connectivity index (χ1n) is 8.15. The Morgan fingerprint density at radius 3 is 2.32 bits per heavy atom. The van der Waals surface area contributed by atoms with Crippen LogP contribution in [0.1, 0.15) is 61.3 Å². The molecular weight excluding hydrogens is 282 g/mol. The van der Waals surface area contributed by atoms with E-state index in [4.69, 9.17) is 14.2 Å². The van der Waals surface area contributed by atoms with Crippen LogP contribution in [0.4, 0.5) is 4.79 Å². The molecule has 0 radical (unpaired) electrons. The highest BCUT2D eigenvalue weighted by atomic mass is 16.6. The Balaban J connectivity index is 2.72. The smallest absolute Gasteiger partial charge is 0.410 e. The minimum absolute atomic E-state index is 0.00306. The summed E-state index contributed by atoms with van der Waals surface area (Å²) in [6.07, 6.45) is 1.62. The van der Waals surface area contributed by atoms with Gasteiger partial charge in [0.2, 0.25) is 0 Å². The van der Waals surface area contributed by atoms with Crippen LogP contribution in [-0.4, -0.2) is 54.1 Å². The number of likely N-dealkylation sites (tertiary alicyclic amines) is 1. The van der Waals surface area contributed by atoms with Gasteiger partial charge in [0.15, 0.2) is 0 Å². The zero-order valence-corrected chi connectivity index (χ0v) is 15.4. The van der Waals surface area contributed by atoms with Crippen LogP contribution < -0.4 is 0 Å². The van der Waals surface area contributed by atoms with E-state index in [9.17, 15) is 4.79 Å². The first kappa shape index (κ1) is 19.2. The van der Waals surface area contributed by atoms with Crippen molar-refractivity contribution < 1.29 is 19.0 Å². The molecule has 0 spiro atoms. The lowest BCUT2D eigenvalue weighted by molar-refractivity contribution is -0.109. The van der Waals surface area contributed by atoms with E-state index in [-0.39, 0.29) is 29.9 Å². The van der Waals surface area contributed by atoms with E-state index in [0.717, 1.165) is 12.8 Å². The number of nitrogens with zero attached hydrogens (tertiary/aromatic N) is 1. The van der Waals surface area contributed by atoms with E-state index < -0.39 is 5.60 Å². The summed E-state index contributed by atoms with van der Waals surface area (Å²) in [4.78, 5) is 14.3. The van der Waals surface area contributed by atoms with Crippen LogP contribution in [0.5, 0.6) is 0 Å². The van der Waals surface area contributed by atoms with Gasteiger partial charge in [-0.25, -0.2) is 4.79 Å². The summed E-state index contributed by atoms with van der Waals surface area (Å²) in [5.74, 6) is 0. The molecule has 5 nitrogen and oxygen atoms in total. The Hall–Kier alpha value is -0.810. The number of hydrogen-bond donors (Lipinski definition) is 0. The van der Waals surface area contributed by atoms with Crippen molar-refractivity contribution in [2.45, 2.75) is 90.8 Å². The predicted octanol–water partition coefficient (Wildman–Crippen LogP) is 3.60. The molecule has 2 unspecified atom stereocenters. The van der Waals surface area contributed by atoms with Gasteiger partial charge in [0.25, 0.3) is 0 Å². The number of ether oxygens (including phenoxy) is 3. The molecule has 1 saturated heterocycles. The summed E-state index contributed by atoms with van der Waals surface area (Å²) in [6.45, 7) is 14.4. The lowest BCUT2D eigenvalue weighted by Gasteiger charge is -2.46. The van der Waals surface area contributed by atoms with Crippen molar-refractivity contribution in [1.82, 2.24) is 4.90 Å². The molecular formula is C17H33NO4. The Morgan fingerprint density at radius 1 is 1.23 bits per heavy atom. The second-order valence-corrected chi connectivity index (χ2v) is 7.85. The molecule has 1 amide bonds. The van der Waals surface area contributed by atoms with E-state index in [1.54, 1.807) is 12.0 Å². The zero-order chi connectivity index (χ0) is 17.1. The van der Waals surface area contributed by atoms with E-state index in [0.29, 0.717) is 6.54 Å². The lowest BCUT2D eigenvalue weighted by Crippen LogP contribution is -2.56. The summed E-state index contributed by atoms with van der Waals surface area (Å²) < 4.78 is 16.9. The highest BCUT2D eigenvalue weighted by Crippen LogP contribution is 2.31. The fourth-order valence-corrected chi connectivity index (χ4v) is 2.55. The Morgan fingerprint density at radius 2 is 1.82 bits per heavy atom. The van der Waals surface area contributed by atoms with Crippen LogP contribution in [0, 0.1) is 0 Å². The number of methoxy groups -OCH3 is 1. The molecule has 1 heterocycles. The molecule has 0 aromatic rings. The van der Waals surface area contributed by atoms with Crippen molar-refractivity contribution in [2.24, 2.45) is 0 Å². The quantitative estimate of drug-likeness (QED) is 0.795. The summed E-state index contributed by atoms with van der Waals surface area (Å²) in [5, 5.41) is 0. The minimum atomic E-state index is -0.487. The third kappa shape index (κ3) is 5.43. The second-order valence-electron chi connectivity index (χ2n) is 7.85. The van der Waals surface area contributed by atoms with E-state index in [1.807, 2.05) is 34.6 Å². The zero-order valence-electron chi connectivity index (χ0n) is 15.4. The fourth-order valence-electron chi connectivity index (χ4n) is 2.55. The average Bonchev–Trinajstić information content (AvgIpc) is 2.37. The van der Waals surface area contributed by atoms with E-state index >= 15 is 0 Å². The van der Waals surface area contributed by atoms with Gasteiger partial charge in [-0.15, -0.1) is 0 Å². The Labute approximate surface area is 135 Å². The van der Waals surface area contributed by atoms with Gasteiger partial charge < -0.3 is 19.1 Å². The highest BCUT2D eigenvalue weighted by Gasteiger charge is 2.40. The van der Waals surface area contributed by atoms with Crippen LogP contribution in [0.15, 0.2) is 0 Å². The fraction of sp³-hybridized carbons (Fsp3) is 0.941. The van der Waals surface area contributed by atoms with Gasteiger partial charge in [0.1, 0.15) is 5.60 Å². The molecule has 1 fully saturated rings. The van der Waals surface area contributed by atoms with Crippen molar-refractivity contribution in [3.8, 4) is 0 Å². The van der Waals surface area contributed by atoms with Gasteiger partial charge in [0.05, 0.1) is 24.9 Å². The molecule has 130 valence electrons. The number of piperidine rings is 1. The maximum absolute atomic E-state index is 12.5. The number of rotatable bonds is 4. The minimum Gasteiger partial charge on any atom is -0.444 e. The third-order valence-corrected chi connectivity index (χ3v) is 4.25.